The second kappa shape index (κ2) is 5.57. The molecule has 5 heteroatoms. The Labute approximate surface area is 106 Å². The summed E-state index contributed by atoms with van der Waals surface area (Å²) < 4.78 is 0. The molecule has 0 aromatic heterocycles. The summed E-state index contributed by atoms with van der Waals surface area (Å²) in [6.07, 6.45) is 0. The van der Waals surface area contributed by atoms with Gasteiger partial charge in [0.15, 0.2) is 0 Å². The molecular weight excluding hydrogens is 244 g/mol. The highest BCUT2D eigenvalue weighted by Crippen LogP contribution is 2.27. The van der Waals surface area contributed by atoms with E-state index in [2.05, 4.69) is 17.9 Å². The number of nitrogens with two attached hydrogens (primary N) is 1. The molecule has 1 aromatic rings. The van der Waals surface area contributed by atoms with E-state index in [0.29, 0.717) is 16.5 Å². The third kappa shape index (κ3) is 3.14. The Morgan fingerprint density at radius 1 is 1.56 bits per heavy atom. The number of anilines is 1. The number of amides is 1. The average molecular weight is 259 g/mol. The average Bonchev–Trinajstić information content (AvgIpc) is 2.21. The number of carbonyl (C=O) groups excluding carboxylic acids is 1. The van der Waals surface area contributed by atoms with Crippen molar-refractivity contribution in [1.82, 2.24) is 0 Å². The maximum Gasteiger partial charge on any atom is 0.242 e. The van der Waals surface area contributed by atoms with E-state index in [1.54, 1.807) is 6.07 Å². The summed E-state index contributed by atoms with van der Waals surface area (Å²) in [6, 6.07) is 3.13. The Morgan fingerprint density at radius 3 is 2.69 bits per heavy atom. The summed E-state index contributed by atoms with van der Waals surface area (Å²) in [5, 5.41) is 3.24. The lowest BCUT2D eigenvalue weighted by molar-refractivity contribution is -0.116. The first-order chi connectivity index (χ1) is 7.45. The molecule has 1 atom stereocenters. The Morgan fingerprint density at radius 2 is 2.19 bits per heavy atom. The van der Waals surface area contributed by atoms with E-state index < -0.39 is 6.04 Å². The van der Waals surface area contributed by atoms with Crippen molar-refractivity contribution in [3.05, 3.63) is 28.3 Å². The van der Waals surface area contributed by atoms with Gasteiger partial charge in [-0.1, -0.05) is 17.7 Å². The number of aryl methyl sites for hydroxylation is 2. The van der Waals surface area contributed by atoms with Crippen LogP contribution in [0, 0.1) is 13.8 Å². The predicted molar refractivity (Wildman–Crippen MR) is 71.4 cm³/mol. The van der Waals surface area contributed by atoms with E-state index in [-0.39, 0.29) is 5.91 Å². The van der Waals surface area contributed by atoms with E-state index in [1.807, 2.05) is 19.9 Å². The van der Waals surface area contributed by atoms with Gasteiger partial charge in [-0.2, -0.15) is 12.6 Å². The summed E-state index contributed by atoms with van der Waals surface area (Å²) in [7, 11) is 0. The largest absolute Gasteiger partial charge is 0.323 e. The zero-order chi connectivity index (χ0) is 12.3. The molecule has 16 heavy (non-hydrogen) atoms. The van der Waals surface area contributed by atoms with Crippen molar-refractivity contribution in [2.75, 3.05) is 11.1 Å². The van der Waals surface area contributed by atoms with E-state index in [4.69, 9.17) is 17.3 Å². The number of hydrogen-bond donors (Lipinski definition) is 3. The van der Waals surface area contributed by atoms with E-state index in [1.165, 1.54) is 0 Å². The SMILES string of the molecule is Cc1cc(C)c(NC(=O)C(N)CS)c(Cl)c1. The molecule has 0 aliphatic rings. The summed E-state index contributed by atoms with van der Waals surface area (Å²) in [5.74, 6) is 0.0258. The summed E-state index contributed by atoms with van der Waals surface area (Å²) >= 11 is 10.0. The number of benzene rings is 1. The lowest BCUT2D eigenvalue weighted by Gasteiger charge is -2.14. The third-order valence-corrected chi connectivity index (χ3v) is 2.90. The Kier molecular flexibility index (Phi) is 4.65. The van der Waals surface area contributed by atoms with Crippen molar-refractivity contribution in [2.24, 2.45) is 5.73 Å². The molecule has 0 saturated carbocycles. The minimum atomic E-state index is -0.625. The van der Waals surface area contributed by atoms with Gasteiger partial charge in [-0.3, -0.25) is 4.79 Å². The molecule has 3 nitrogen and oxygen atoms in total. The first-order valence-corrected chi connectivity index (χ1v) is 5.90. The molecule has 0 fully saturated rings. The normalized spacial score (nSPS) is 12.3. The quantitative estimate of drug-likeness (QED) is 0.728. The van der Waals surface area contributed by atoms with Crippen LogP contribution in [0.25, 0.3) is 0 Å². The fraction of sp³-hybridized carbons (Fsp3) is 0.364. The summed E-state index contributed by atoms with van der Waals surface area (Å²) in [5.41, 5.74) is 8.16. The number of carbonyl (C=O) groups is 1. The highest BCUT2D eigenvalue weighted by molar-refractivity contribution is 7.80. The van der Waals surface area contributed by atoms with E-state index >= 15 is 0 Å². The van der Waals surface area contributed by atoms with Crippen LogP contribution in [0.2, 0.25) is 5.02 Å². The second-order valence-electron chi connectivity index (χ2n) is 3.72. The highest BCUT2D eigenvalue weighted by Gasteiger charge is 2.14. The van der Waals surface area contributed by atoms with Crippen LogP contribution in [-0.4, -0.2) is 17.7 Å². The van der Waals surface area contributed by atoms with Gasteiger partial charge in [0, 0.05) is 5.75 Å². The Balaban J connectivity index is 2.93. The van der Waals surface area contributed by atoms with Crippen LogP contribution in [0.3, 0.4) is 0 Å². The topological polar surface area (TPSA) is 55.1 Å². The zero-order valence-corrected chi connectivity index (χ0v) is 10.9. The number of nitrogens with one attached hydrogen (secondary N) is 1. The van der Waals surface area contributed by atoms with Crippen LogP contribution in [-0.2, 0) is 4.79 Å². The van der Waals surface area contributed by atoms with Gasteiger partial charge in [0.25, 0.3) is 0 Å². The first-order valence-electron chi connectivity index (χ1n) is 4.89. The molecule has 88 valence electrons. The fourth-order valence-corrected chi connectivity index (χ4v) is 1.91. The van der Waals surface area contributed by atoms with E-state index in [9.17, 15) is 4.79 Å². The maximum absolute atomic E-state index is 11.6. The second-order valence-corrected chi connectivity index (χ2v) is 4.49. The molecule has 0 spiro atoms. The molecule has 1 unspecified atom stereocenters. The molecule has 0 saturated heterocycles. The molecule has 0 bridgehead atoms. The third-order valence-electron chi connectivity index (χ3n) is 2.21. The molecule has 1 rings (SSSR count). The molecular formula is C11H15ClN2OS. The van der Waals surface area contributed by atoms with Gasteiger partial charge in [-0.25, -0.2) is 0 Å². The van der Waals surface area contributed by atoms with Crippen LogP contribution in [0.1, 0.15) is 11.1 Å². The highest BCUT2D eigenvalue weighted by atomic mass is 35.5. The molecule has 3 N–H and O–H groups in total. The zero-order valence-electron chi connectivity index (χ0n) is 9.25. The maximum atomic E-state index is 11.6. The number of hydrogen-bond acceptors (Lipinski definition) is 3. The van der Waals surface area contributed by atoms with Crippen LogP contribution in [0.5, 0.6) is 0 Å². The van der Waals surface area contributed by atoms with Gasteiger partial charge in [-0.15, -0.1) is 0 Å². The Hall–Kier alpha value is -0.710. The predicted octanol–water partition coefficient (Wildman–Crippen LogP) is 2.15. The molecule has 0 aliphatic heterocycles. The lowest BCUT2D eigenvalue weighted by Crippen LogP contribution is -2.37. The van der Waals surface area contributed by atoms with Crippen molar-refractivity contribution >= 4 is 35.8 Å². The van der Waals surface area contributed by atoms with Gasteiger partial charge < -0.3 is 11.1 Å². The van der Waals surface area contributed by atoms with Crippen LogP contribution < -0.4 is 11.1 Å². The molecule has 1 aromatic carbocycles. The number of thiol groups is 1. The van der Waals surface area contributed by atoms with Gasteiger partial charge in [-0.05, 0) is 31.0 Å². The van der Waals surface area contributed by atoms with Crippen LogP contribution >= 0.6 is 24.2 Å². The van der Waals surface area contributed by atoms with Gasteiger partial charge in [0.05, 0.1) is 16.8 Å². The van der Waals surface area contributed by atoms with Crippen LogP contribution in [0.15, 0.2) is 12.1 Å². The molecule has 0 radical (unpaired) electrons. The lowest BCUT2D eigenvalue weighted by atomic mass is 10.1. The van der Waals surface area contributed by atoms with Gasteiger partial charge >= 0.3 is 0 Å². The number of rotatable bonds is 3. The standard InChI is InChI=1S/C11H15ClN2OS/c1-6-3-7(2)10(8(12)4-6)14-11(15)9(13)5-16/h3-4,9,16H,5,13H2,1-2H3,(H,14,15). The van der Waals surface area contributed by atoms with Crippen molar-refractivity contribution in [2.45, 2.75) is 19.9 Å². The van der Waals surface area contributed by atoms with Crippen molar-refractivity contribution < 1.29 is 4.79 Å². The van der Waals surface area contributed by atoms with Gasteiger partial charge in [0.1, 0.15) is 0 Å². The van der Waals surface area contributed by atoms with Crippen LogP contribution in [0.4, 0.5) is 5.69 Å². The fourth-order valence-electron chi connectivity index (χ4n) is 1.37. The Bertz CT molecular complexity index is 386. The van der Waals surface area contributed by atoms with Crippen molar-refractivity contribution in [3.8, 4) is 0 Å². The smallest absolute Gasteiger partial charge is 0.242 e. The van der Waals surface area contributed by atoms with E-state index in [0.717, 1.165) is 11.1 Å². The molecule has 0 heterocycles. The van der Waals surface area contributed by atoms with Crippen molar-refractivity contribution in [3.63, 3.8) is 0 Å². The number of halogens is 1. The van der Waals surface area contributed by atoms with Gasteiger partial charge in [0.2, 0.25) is 5.91 Å². The molecule has 0 aliphatic carbocycles. The summed E-state index contributed by atoms with van der Waals surface area (Å²) in [6.45, 7) is 3.84. The summed E-state index contributed by atoms with van der Waals surface area (Å²) in [4.78, 5) is 11.6. The minimum absolute atomic E-state index is 0.274. The monoisotopic (exact) mass is 258 g/mol. The van der Waals surface area contributed by atoms with Crippen molar-refractivity contribution in [1.29, 1.82) is 0 Å². The minimum Gasteiger partial charge on any atom is -0.323 e. The molecule has 1 amide bonds. The first kappa shape index (κ1) is 13.4.